The molecule has 0 amide bonds. The molecular weight excluding hydrogens is 328 g/mol. The van der Waals surface area contributed by atoms with Crippen molar-refractivity contribution in [2.75, 3.05) is 19.8 Å². The molecule has 1 aromatic rings. The van der Waals surface area contributed by atoms with Gasteiger partial charge in [0.05, 0.1) is 12.7 Å². The number of ether oxygens (including phenoxy) is 4. The molecule has 1 heterocycles. The average Bonchev–Trinajstić information content (AvgIpc) is 2.64. The Kier molecular flexibility index (Phi) is 8.09. The zero-order valence-corrected chi connectivity index (χ0v) is 16.2. The molecule has 1 unspecified atom stereocenters. The lowest BCUT2D eigenvalue weighted by molar-refractivity contribution is -0.162. The molecule has 1 saturated carbocycles. The summed E-state index contributed by atoms with van der Waals surface area (Å²) in [4.78, 5) is 0. The van der Waals surface area contributed by atoms with Gasteiger partial charge >= 0.3 is 0 Å². The Morgan fingerprint density at radius 2 is 1.81 bits per heavy atom. The molecule has 2 fully saturated rings. The smallest absolute Gasteiger partial charge is 0.157 e. The third kappa shape index (κ3) is 6.81. The van der Waals surface area contributed by atoms with E-state index >= 15 is 0 Å². The summed E-state index contributed by atoms with van der Waals surface area (Å²) in [6.07, 6.45) is 10.8. The van der Waals surface area contributed by atoms with Crippen LogP contribution < -0.4 is 9.47 Å². The normalized spacial score (nSPS) is 25.5. The number of hydrogen-bond donors (Lipinski definition) is 0. The first-order valence-electron chi connectivity index (χ1n) is 10.4. The summed E-state index contributed by atoms with van der Waals surface area (Å²) in [6, 6.07) is 8.05. The van der Waals surface area contributed by atoms with Crippen LogP contribution in [0.2, 0.25) is 0 Å². The quantitative estimate of drug-likeness (QED) is 0.498. The fourth-order valence-corrected chi connectivity index (χ4v) is 3.56. The molecule has 1 aromatic carbocycles. The van der Waals surface area contributed by atoms with Gasteiger partial charge in [0.15, 0.2) is 6.29 Å². The minimum Gasteiger partial charge on any atom is -0.493 e. The maximum absolute atomic E-state index is 5.98. The Morgan fingerprint density at radius 1 is 1.00 bits per heavy atom. The molecule has 1 aliphatic heterocycles. The summed E-state index contributed by atoms with van der Waals surface area (Å²) in [5, 5.41) is 0. The third-order valence-electron chi connectivity index (χ3n) is 5.19. The first-order valence-corrected chi connectivity index (χ1v) is 10.4. The van der Waals surface area contributed by atoms with Crippen molar-refractivity contribution in [3.8, 4) is 11.5 Å². The third-order valence-corrected chi connectivity index (χ3v) is 5.19. The Balaban J connectivity index is 1.20. The maximum atomic E-state index is 5.98. The topological polar surface area (TPSA) is 36.9 Å². The van der Waals surface area contributed by atoms with Gasteiger partial charge in [-0.25, -0.2) is 0 Å². The monoisotopic (exact) mass is 362 g/mol. The molecule has 0 spiro atoms. The standard InChI is InChI=1S/C22H34O4/c1-18-15-21(16-18)26-20-10-8-9-19(17-20)23-12-5-2-3-6-13-24-22-11-4-7-14-25-22/h8-10,17-18,21-22H,2-7,11-16H2,1H3/t18-,21-,22?. The van der Waals surface area contributed by atoms with E-state index in [0.717, 1.165) is 56.5 Å². The molecule has 4 heteroatoms. The second-order valence-electron chi connectivity index (χ2n) is 7.72. The molecular formula is C22H34O4. The lowest BCUT2D eigenvalue weighted by atomic mass is 9.84. The van der Waals surface area contributed by atoms with Crippen LogP contribution in [-0.4, -0.2) is 32.2 Å². The average molecular weight is 363 g/mol. The molecule has 0 radical (unpaired) electrons. The highest BCUT2D eigenvalue weighted by Crippen LogP contribution is 2.31. The highest BCUT2D eigenvalue weighted by Gasteiger charge is 2.26. The molecule has 0 N–H and O–H groups in total. The lowest BCUT2D eigenvalue weighted by Gasteiger charge is -2.32. The summed E-state index contributed by atoms with van der Waals surface area (Å²) in [5.74, 6) is 2.65. The summed E-state index contributed by atoms with van der Waals surface area (Å²) < 4.78 is 23.2. The Bertz CT molecular complexity index is 507. The molecule has 0 bridgehead atoms. The zero-order chi connectivity index (χ0) is 18.0. The van der Waals surface area contributed by atoms with Gasteiger partial charge in [0, 0.05) is 19.3 Å². The lowest BCUT2D eigenvalue weighted by Crippen LogP contribution is -2.31. The molecule has 1 atom stereocenters. The molecule has 0 aromatic heterocycles. The van der Waals surface area contributed by atoms with E-state index in [-0.39, 0.29) is 6.29 Å². The van der Waals surface area contributed by atoms with E-state index in [2.05, 4.69) is 6.92 Å². The Hall–Kier alpha value is -1.26. The number of benzene rings is 1. The zero-order valence-electron chi connectivity index (χ0n) is 16.2. The second-order valence-corrected chi connectivity index (χ2v) is 7.72. The summed E-state index contributed by atoms with van der Waals surface area (Å²) >= 11 is 0. The minimum atomic E-state index is 0.0460. The van der Waals surface area contributed by atoms with Crippen molar-refractivity contribution in [1.29, 1.82) is 0 Å². The van der Waals surface area contributed by atoms with Gasteiger partial charge in [-0.15, -0.1) is 0 Å². The van der Waals surface area contributed by atoms with Crippen LogP contribution >= 0.6 is 0 Å². The van der Waals surface area contributed by atoms with Gasteiger partial charge in [0.2, 0.25) is 0 Å². The first-order chi connectivity index (χ1) is 12.8. The highest BCUT2D eigenvalue weighted by atomic mass is 16.7. The van der Waals surface area contributed by atoms with Crippen LogP contribution in [0.4, 0.5) is 0 Å². The van der Waals surface area contributed by atoms with Gasteiger partial charge in [0.1, 0.15) is 11.5 Å². The predicted octanol–water partition coefficient (Wildman–Crippen LogP) is 5.35. The minimum absolute atomic E-state index is 0.0460. The maximum Gasteiger partial charge on any atom is 0.157 e. The van der Waals surface area contributed by atoms with E-state index in [4.69, 9.17) is 18.9 Å². The van der Waals surface area contributed by atoms with E-state index in [9.17, 15) is 0 Å². The molecule has 3 rings (SSSR count). The molecule has 146 valence electrons. The van der Waals surface area contributed by atoms with Crippen LogP contribution in [0.3, 0.4) is 0 Å². The van der Waals surface area contributed by atoms with Crippen LogP contribution in [-0.2, 0) is 9.47 Å². The van der Waals surface area contributed by atoms with Crippen molar-refractivity contribution < 1.29 is 18.9 Å². The van der Waals surface area contributed by atoms with Crippen LogP contribution in [0.1, 0.15) is 64.7 Å². The summed E-state index contributed by atoms with van der Waals surface area (Å²) in [6.45, 7) is 4.70. The molecule has 1 saturated heterocycles. The second kappa shape index (κ2) is 10.8. The van der Waals surface area contributed by atoms with Crippen molar-refractivity contribution in [1.82, 2.24) is 0 Å². The van der Waals surface area contributed by atoms with Gasteiger partial charge in [-0.3, -0.25) is 0 Å². The van der Waals surface area contributed by atoms with Crippen LogP contribution in [0.15, 0.2) is 24.3 Å². The molecule has 1 aliphatic carbocycles. The Labute approximate surface area is 158 Å². The number of unbranched alkanes of at least 4 members (excludes halogenated alkanes) is 3. The van der Waals surface area contributed by atoms with E-state index in [1.165, 1.54) is 38.5 Å². The molecule has 26 heavy (non-hydrogen) atoms. The van der Waals surface area contributed by atoms with Crippen molar-refractivity contribution in [2.24, 2.45) is 5.92 Å². The van der Waals surface area contributed by atoms with Gasteiger partial charge in [0.25, 0.3) is 0 Å². The van der Waals surface area contributed by atoms with Gasteiger partial charge in [-0.1, -0.05) is 19.4 Å². The van der Waals surface area contributed by atoms with E-state index in [1.807, 2.05) is 24.3 Å². The molecule has 4 nitrogen and oxygen atoms in total. The summed E-state index contributed by atoms with van der Waals surface area (Å²) in [7, 11) is 0. The fourth-order valence-electron chi connectivity index (χ4n) is 3.56. The van der Waals surface area contributed by atoms with E-state index in [1.54, 1.807) is 0 Å². The number of rotatable bonds is 11. The van der Waals surface area contributed by atoms with E-state index in [0.29, 0.717) is 6.10 Å². The SMILES string of the molecule is C[C@H]1C[C@H](Oc2cccc(OCCCCCCOC3CCCCO3)c2)C1. The number of hydrogen-bond acceptors (Lipinski definition) is 4. The van der Waals surface area contributed by atoms with Crippen LogP contribution in [0.25, 0.3) is 0 Å². The largest absolute Gasteiger partial charge is 0.493 e. The first kappa shape index (κ1) is 19.5. The summed E-state index contributed by atoms with van der Waals surface area (Å²) in [5.41, 5.74) is 0. The predicted molar refractivity (Wildman–Crippen MR) is 103 cm³/mol. The van der Waals surface area contributed by atoms with E-state index < -0.39 is 0 Å². The van der Waals surface area contributed by atoms with Crippen molar-refractivity contribution in [3.63, 3.8) is 0 Å². The van der Waals surface area contributed by atoms with Gasteiger partial charge in [-0.2, -0.15) is 0 Å². The van der Waals surface area contributed by atoms with Crippen molar-refractivity contribution >= 4 is 0 Å². The van der Waals surface area contributed by atoms with Crippen molar-refractivity contribution in [3.05, 3.63) is 24.3 Å². The van der Waals surface area contributed by atoms with Crippen molar-refractivity contribution in [2.45, 2.75) is 77.1 Å². The fraction of sp³-hybridized carbons (Fsp3) is 0.727. The van der Waals surface area contributed by atoms with Gasteiger partial charge in [-0.05, 0) is 69.4 Å². The Morgan fingerprint density at radius 3 is 2.58 bits per heavy atom. The van der Waals surface area contributed by atoms with Crippen LogP contribution in [0.5, 0.6) is 11.5 Å². The van der Waals surface area contributed by atoms with Gasteiger partial charge < -0.3 is 18.9 Å². The van der Waals surface area contributed by atoms with Crippen LogP contribution in [0, 0.1) is 5.92 Å². The molecule has 2 aliphatic rings. The highest BCUT2D eigenvalue weighted by molar-refractivity contribution is 5.33.